The van der Waals surface area contributed by atoms with Crippen LogP contribution in [0.1, 0.15) is 12.5 Å². The molecule has 2 N–H and O–H groups in total. The Morgan fingerprint density at radius 3 is 2.17 bits per heavy atom. The van der Waals surface area contributed by atoms with Crippen molar-refractivity contribution in [1.29, 1.82) is 0 Å². The zero-order valence-corrected chi connectivity index (χ0v) is 22.4. The standard InChI is InChI=1S/C25H26N4O2S.3ClH/c1-19(29-32(30,31)25-7-6-24-18-28-15-11-23(24)16-25)17-27-12-8-20-2-4-21(5-3-20)22-9-13-26-14-10-22;;;/h2-7,9-11,13-16,18-19,27,29H,8,12,17H2,1H3;3*1H. The summed E-state index contributed by atoms with van der Waals surface area (Å²) in [6, 6.07) is 19.1. The highest BCUT2D eigenvalue weighted by Gasteiger charge is 2.17. The zero-order valence-electron chi connectivity index (χ0n) is 19.1. The first-order valence-electron chi connectivity index (χ1n) is 10.6. The number of nitrogens with one attached hydrogen (secondary N) is 2. The highest BCUT2D eigenvalue weighted by Crippen LogP contribution is 2.19. The molecule has 35 heavy (non-hydrogen) atoms. The molecule has 0 aliphatic carbocycles. The summed E-state index contributed by atoms with van der Waals surface area (Å²) in [7, 11) is -3.59. The molecular formula is C25H29Cl3N4O2S. The molecule has 4 rings (SSSR count). The molecule has 10 heteroatoms. The average Bonchev–Trinajstić information content (AvgIpc) is 2.82. The van der Waals surface area contributed by atoms with Gasteiger partial charge in [-0.1, -0.05) is 30.3 Å². The van der Waals surface area contributed by atoms with Crippen LogP contribution in [0.25, 0.3) is 21.9 Å². The van der Waals surface area contributed by atoms with Gasteiger partial charge in [0.1, 0.15) is 0 Å². The van der Waals surface area contributed by atoms with Crippen molar-refractivity contribution in [1.82, 2.24) is 20.0 Å². The normalized spacial score (nSPS) is 11.6. The number of benzene rings is 2. The van der Waals surface area contributed by atoms with Crippen molar-refractivity contribution in [2.75, 3.05) is 13.1 Å². The van der Waals surface area contributed by atoms with E-state index >= 15 is 0 Å². The molecule has 0 saturated carbocycles. The number of aromatic nitrogens is 2. The molecule has 0 radical (unpaired) electrons. The smallest absolute Gasteiger partial charge is 0.240 e. The van der Waals surface area contributed by atoms with Gasteiger partial charge in [-0.2, -0.15) is 0 Å². The van der Waals surface area contributed by atoms with E-state index in [2.05, 4.69) is 44.3 Å². The van der Waals surface area contributed by atoms with Gasteiger partial charge < -0.3 is 5.32 Å². The van der Waals surface area contributed by atoms with Crippen molar-refractivity contribution in [3.63, 3.8) is 0 Å². The lowest BCUT2D eigenvalue weighted by Gasteiger charge is -2.15. The third kappa shape index (κ3) is 8.42. The van der Waals surface area contributed by atoms with Crippen molar-refractivity contribution >= 4 is 58.0 Å². The molecule has 0 saturated heterocycles. The summed E-state index contributed by atoms with van der Waals surface area (Å²) < 4.78 is 28.2. The third-order valence-corrected chi connectivity index (χ3v) is 6.87. The van der Waals surface area contributed by atoms with Crippen molar-refractivity contribution in [2.24, 2.45) is 0 Å². The molecular weight excluding hydrogens is 527 g/mol. The second-order valence-electron chi connectivity index (χ2n) is 7.79. The number of hydrogen-bond acceptors (Lipinski definition) is 5. The van der Waals surface area contributed by atoms with Crippen LogP contribution in [0.2, 0.25) is 0 Å². The highest BCUT2D eigenvalue weighted by atomic mass is 35.5. The summed E-state index contributed by atoms with van der Waals surface area (Å²) >= 11 is 0. The maximum atomic E-state index is 12.7. The Kier molecular flexibility index (Phi) is 12.6. The minimum atomic E-state index is -3.59. The maximum absolute atomic E-state index is 12.7. The second-order valence-corrected chi connectivity index (χ2v) is 9.51. The van der Waals surface area contributed by atoms with E-state index in [9.17, 15) is 8.42 Å². The summed E-state index contributed by atoms with van der Waals surface area (Å²) in [5.74, 6) is 0. The highest BCUT2D eigenvalue weighted by molar-refractivity contribution is 7.89. The van der Waals surface area contributed by atoms with E-state index in [0.29, 0.717) is 6.54 Å². The summed E-state index contributed by atoms with van der Waals surface area (Å²) in [5.41, 5.74) is 3.54. The van der Waals surface area contributed by atoms with Crippen LogP contribution in [0.5, 0.6) is 0 Å². The summed E-state index contributed by atoms with van der Waals surface area (Å²) in [6.45, 7) is 3.18. The van der Waals surface area contributed by atoms with Gasteiger partial charge in [-0.15, -0.1) is 37.2 Å². The average molecular weight is 556 g/mol. The molecule has 2 heterocycles. The Morgan fingerprint density at radius 2 is 1.46 bits per heavy atom. The fourth-order valence-electron chi connectivity index (χ4n) is 3.56. The molecule has 1 unspecified atom stereocenters. The fourth-order valence-corrected chi connectivity index (χ4v) is 4.84. The molecule has 2 aromatic carbocycles. The minimum Gasteiger partial charge on any atom is -0.315 e. The third-order valence-electron chi connectivity index (χ3n) is 5.29. The van der Waals surface area contributed by atoms with E-state index < -0.39 is 10.0 Å². The van der Waals surface area contributed by atoms with E-state index in [1.165, 1.54) is 5.56 Å². The molecule has 0 fully saturated rings. The lowest BCUT2D eigenvalue weighted by molar-refractivity contribution is 0.537. The van der Waals surface area contributed by atoms with Crippen LogP contribution in [-0.4, -0.2) is 37.5 Å². The van der Waals surface area contributed by atoms with Crippen LogP contribution in [0.4, 0.5) is 0 Å². The van der Waals surface area contributed by atoms with Crippen LogP contribution in [0, 0.1) is 0 Å². The van der Waals surface area contributed by atoms with E-state index in [4.69, 9.17) is 0 Å². The van der Waals surface area contributed by atoms with Crippen molar-refractivity contribution < 1.29 is 8.42 Å². The van der Waals surface area contributed by atoms with E-state index in [1.807, 2.05) is 25.1 Å². The summed E-state index contributed by atoms with van der Waals surface area (Å²) in [4.78, 5) is 8.37. The molecule has 1 atom stereocenters. The van der Waals surface area contributed by atoms with Gasteiger partial charge in [-0.3, -0.25) is 9.97 Å². The van der Waals surface area contributed by atoms with E-state index in [-0.39, 0.29) is 48.2 Å². The van der Waals surface area contributed by atoms with Crippen molar-refractivity contribution in [2.45, 2.75) is 24.3 Å². The molecule has 188 valence electrons. The largest absolute Gasteiger partial charge is 0.315 e. The number of halogens is 3. The van der Waals surface area contributed by atoms with Crippen LogP contribution >= 0.6 is 37.2 Å². The summed E-state index contributed by atoms with van der Waals surface area (Å²) in [6.07, 6.45) is 7.83. The molecule has 4 aromatic rings. The number of rotatable bonds is 9. The molecule has 0 spiro atoms. The Bertz CT molecular complexity index is 1290. The van der Waals surface area contributed by atoms with Crippen molar-refractivity contribution in [3.8, 4) is 11.1 Å². The Hall–Kier alpha value is -2.26. The number of fused-ring (bicyclic) bond motifs is 1. The van der Waals surface area contributed by atoms with Gasteiger partial charge in [0.25, 0.3) is 0 Å². The number of nitrogens with zero attached hydrogens (tertiary/aromatic N) is 2. The van der Waals surface area contributed by atoms with Gasteiger partial charge in [-0.05, 0) is 72.3 Å². The van der Waals surface area contributed by atoms with Crippen LogP contribution in [-0.2, 0) is 16.4 Å². The molecule has 6 nitrogen and oxygen atoms in total. The van der Waals surface area contributed by atoms with Crippen LogP contribution in [0.15, 0.2) is 90.3 Å². The van der Waals surface area contributed by atoms with Gasteiger partial charge in [0.15, 0.2) is 0 Å². The quantitative estimate of drug-likeness (QED) is 0.282. The molecule has 0 aliphatic rings. The Balaban J connectivity index is 0.00000204. The molecule has 0 aliphatic heterocycles. The topological polar surface area (TPSA) is 84.0 Å². The monoisotopic (exact) mass is 554 g/mol. The van der Waals surface area contributed by atoms with Gasteiger partial charge in [0.05, 0.1) is 4.90 Å². The maximum Gasteiger partial charge on any atom is 0.240 e. The van der Waals surface area contributed by atoms with Crippen molar-refractivity contribution in [3.05, 3.63) is 91.0 Å². The summed E-state index contributed by atoms with van der Waals surface area (Å²) in [5, 5.41) is 5.10. The minimum absolute atomic E-state index is 0. The fraction of sp³-hybridized carbons (Fsp3) is 0.200. The molecule has 0 bridgehead atoms. The SMILES string of the molecule is CC(CNCCc1ccc(-c2ccncc2)cc1)NS(=O)(=O)c1ccc2cnccc2c1.Cl.Cl.Cl. The first kappa shape index (κ1) is 30.8. The molecule has 0 amide bonds. The first-order chi connectivity index (χ1) is 15.5. The van der Waals surface area contributed by atoms with Gasteiger partial charge in [0, 0.05) is 42.8 Å². The number of pyridine rings is 2. The van der Waals surface area contributed by atoms with Gasteiger partial charge in [-0.25, -0.2) is 13.1 Å². The predicted octanol–water partition coefficient (Wildman–Crippen LogP) is 5.06. The van der Waals surface area contributed by atoms with Gasteiger partial charge >= 0.3 is 0 Å². The lowest BCUT2D eigenvalue weighted by atomic mass is 10.0. The number of sulfonamides is 1. The number of hydrogen-bond donors (Lipinski definition) is 2. The zero-order chi connectivity index (χ0) is 22.4. The second kappa shape index (κ2) is 14.3. The van der Waals surface area contributed by atoms with Gasteiger partial charge in [0.2, 0.25) is 10.0 Å². The lowest BCUT2D eigenvalue weighted by Crippen LogP contribution is -2.40. The first-order valence-corrected chi connectivity index (χ1v) is 12.1. The predicted molar refractivity (Wildman–Crippen MR) is 150 cm³/mol. The van der Waals surface area contributed by atoms with E-state index in [1.54, 1.807) is 43.0 Å². The van der Waals surface area contributed by atoms with Crippen LogP contribution in [0.3, 0.4) is 0 Å². The Morgan fingerprint density at radius 1 is 0.800 bits per heavy atom. The van der Waals surface area contributed by atoms with E-state index in [0.717, 1.165) is 34.9 Å². The molecule has 2 aromatic heterocycles. The van der Waals surface area contributed by atoms with Crippen LogP contribution < -0.4 is 10.0 Å². The Labute approximate surface area is 225 Å².